The molecule has 0 aliphatic heterocycles. The second-order valence-corrected chi connectivity index (χ2v) is 5.83. The topological polar surface area (TPSA) is 49.5 Å². The lowest BCUT2D eigenvalue weighted by molar-refractivity contribution is 0.0733. The zero-order valence-corrected chi connectivity index (χ0v) is 11.3. The zero-order chi connectivity index (χ0) is 12.3. The van der Waals surface area contributed by atoms with Gasteiger partial charge in [-0.15, -0.1) is 0 Å². The molecule has 0 unspecified atom stereocenters. The fourth-order valence-corrected chi connectivity index (χ4v) is 1.10. The summed E-state index contributed by atoms with van der Waals surface area (Å²) in [5.41, 5.74) is 5.36. The summed E-state index contributed by atoms with van der Waals surface area (Å²) < 4.78 is 0. The van der Waals surface area contributed by atoms with Gasteiger partial charge in [0.2, 0.25) is 0 Å². The lowest BCUT2D eigenvalue weighted by atomic mass is 9.88. The Hall–Kier alpha value is -0.190. The number of rotatable bonds is 6. The summed E-state index contributed by atoms with van der Waals surface area (Å²) in [6.07, 6.45) is 0.905. The molecule has 0 aromatic carbocycles. The molecular formula is C11H24N2OS. The maximum absolute atomic E-state index is 9.21. The van der Waals surface area contributed by atoms with Gasteiger partial charge in [0, 0.05) is 11.0 Å². The first-order valence-electron chi connectivity index (χ1n) is 5.25. The number of likely N-dealkylation sites (N-methyl/N-ethyl adjacent to an activating group) is 1. The van der Waals surface area contributed by atoms with Crippen molar-refractivity contribution in [2.24, 2.45) is 11.1 Å². The number of thiocarbonyl (C=S) groups is 1. The molecule has 0 atom stereocenters. The Bertz CT molecular complexity index is 227. The second kappa shape index (κ2) is 5.23. The van der Waals surface area contributed by atoms with Crippen LogP contribution in [0, 0.1) is 5.41 Å². The summed E-state index contributed by atoms with van der Waals surface area (Å²) in [4.78, 5) is 2.69. The van der Waals surface area contributed by atoms with Crippen molar-refractivity contribution < 1.29 is 5.11 Å². The summed E-state index contributed by atoms with van der Waals surface area (Å²) >= 11 is 5.02. The molecule has 0 saturated carbocycles. The molecule has 0 heterocycles. The van der Waals surface area contributed by atoms with Crippen LogP contribution in [-0.4, -0.2) is 40.7 Å². The smallest absolute Gasteiger partial charge is 0.0784 e. The predicted octanol–water partition coefficient (Wildman–Crippen LogP) is 1.39. The largest absolute Gasteiger partial charge is 0.394 e. The van der Waals surface area contributed by atoms with Crippen LogP contribution in [-0.2, 0) is 0 Å². The first-order chi connectivity index (χ1) is 6.63. The molecule has 3 nitrogen and oxygen atoms in total. The quantitative estimate of drug-likeness (QED) is 0.680. The Morgan fingerprint density at radius 3 is 2.13 bits per heavy atom. The summed E-state index contributed by atoms with van der Waals surface area (Å²) in [5, 5.41) is 9.21. The van der Waals surface area contributed by atoms with E-state index < -0.39 is 0 Å². The minimum Gasteiger partial charge on any atom is -0.394 e. The number of hydrogen-bond donors (Lipinski definition) is 2. The van der Waals surface area contributed by atoms with Gasteiger partial charge < -0.3 is 10.8 Å². The van der Waals surface area contributed by atoms with Crippen LogP contribution in [0.25, 0.3) is 0 Å². The van der Waals surface area contributed by atoms with Crippen LogP contribution in [0.3, 0.4) is 0 Å². The highest BCUT2D eigenvalue weighted by Crippen LogP contribution is 2.22. The van der Waals surface area contributed by atoms with E-state index in [4.69, 9.17) is 18.0 Å². The Kier molecular flexibility index (Phi) is 5.17. The van der Waals surface area contributed by atoms with Crippen molar-refractivity contribution >= 4 is 17.2 Å². The van der Waals surface area contributed by atoms with Gasteiger partial charge in [-0.1, -0.05) is 26.1 Å². The summed E-state index contributed by atoms with van der Waals surface area (Å²) in [5.74, 6) is 0. The number of aliphatic hydroxyl groups excluding tert-OH is 1. The molecule has 90 valence electrons. The molecule has 0 aliphatic carbocycles. The first-order valence-corrected chi connectivity index (χ1v) is 5.66. The number of aliphatic hydroxyl groups is 1. The Morgan fingerprint density at radius 2 is 1.80 bits per heavy atom. The minimum absolute atomic E-state index is 0.116. The standard InChI is InChI=1S/C11H24N2OS/c1-10(2,9(12)15)6-7-13(5)11(3,4)8-14/h14H,6-8H2,1-5H3,(H2,12,15). The van der Waals surface area contributed by atoms with Crippen LogP contribution in [0.5, 0.6) is 0 Å². The molecule has 4 heteroatoms. The first kappa shape index (κ1) is 14.8. The van der Waals surface area contributed by atoms with Gasteiger partial charge in [0.05, 0.1) is 11.6 Å². The van der Waals surface area contributed by atoms with E-state index in [1.165, 1.54) is 0 Å². The summed E-state index contributed by atoms with van der Waals surface area (Å²) in [7, 11) is 2.01. The SMILES string of the molecule is CN(CCC(C)(C)C(N)=S)C(C)(C)CO. The lowest BCUT2D eigenvalue weighted by Crippen LogP contribution is -2.46. The highest BCUT2D eigenvalue weighted by Gasteiger charge is 2.26. The van der Waals surface area contributed by atoms with Crippen LogP contribution in [0.2, 0.25) is 0 Å². The molecule has 0 amide bonds. The minimum atomic E-state index is -0.188. The fourth-order valence-electron chi connectivity index (χ4n) is 0.994. The number of hydrogen-bond acceptors (Lipinski definition) is 3. The van der Waals surface area contributed by atoms with Crippen LogP contribution in [0.15, 0.2) is 0 Å². The Balaban J connectivity index is 4.23. The number of nitrogens with two attached hydrogens (primary N) is 1. The van der Waals surface area contributed by atoms with Crippen LogP contribution in [0.4, 0.5) is 0 Å². The van der Waals surface area contributed by atoms with E-state index in [9.17, 15) is 5.11 Å². The monoisotopic (exact) mass is 232 g/mol. The van der Waals surface area contributed by atoms with Crippen molar-refractivity contribution in [3.8, 4) is 0 Å². The van der Waals surface area contributed by atoms with Crippen molar-refractivity contribution in [1.29, 1.82) is 0 Å². The van der Waals surface area contributed by atoms with E-state index in [1.54, 1.807) is 0 Å². The average molecular weight is 232 g/mol. The molecular weight excluding hydrogens is 208 g/mol. The second-order valence-electron chi connectivity index (χ2n) is 5.39. The van der Waals surface area contributed by atoms with Gasteiger partial charge >= 0.3 is 0 Å². The molecule has 0 radical (unpaired) electrons. The zero-order valence-electron chi connectivity index (χ0n) is 10.5. The number of nitrogens with zero attached hydrogens (tertiary/aromatic N) is 1. The molecule has 15 heavy (non-hydrogen) atoms. The van der Waals surface area contributed by atoms with Crippen molar-refractivity contribution in [2.75, 3.05) is 20.2 Å². The third kappa shape index (κ3) is 4.45. The molecule has 0 spiro atoms. The van der Waals surface area contributed by atoms with E-state index >= 15 is 0 Å². The summed E-state index contributed by atoms with van der Waals surface area (Å²) in [6, 6.07) is 0. The van der Waals surface area contributed by atoms with Crippen molar-refractivity contribution in [2.45, 2.75) is 39.7 Å². The van der Waals surface area contributed by atoms with Gasteiger partial charge in [0.15, 0.2) is 0 Å². The van der Waals surface area contributed by atoms with Crippen molar-refractivity contribution in [1.82, 2.24) is 4.90 Å². The van der Waals surface area contributed by atoms with Gasteiger partial charge in [-0.3, -0.25) is 4.90 Å². The van der Waals surface area contributed by atoms with Crippen LogP contribution < -0.4 is 5.73 Å². The molecule has 0 fully saturated rings. The Labute approximate surface area is 98.6 Å². The predicted molar refractivity (Wildman–Crippen MR) is 69.0 cm³/mol. The van der Waals surface area contributed by atoms with Crippen molar-refractivity contribution in [3.63, 3.8) is 0 Å². The maximum Gasteiger partial charge on any atom is 0.0784 e. The molecule has 3 N–H and O–H groups in total. The van der Waals surface area contributed by atoms with Gasteiger partial charge in [-0.05, 0) is 33.9 Å². The van der Waals surface area contributed by atoms with E-state index in [1.807, 2.05) is 20.9 Å². The van der Waals surface area contributed by atoms with E-state index in [0.29, 0.717) is 4.99 Å². The molecule has 0 rings (SSSR count). The van der Waals surface area contributed by atoms with E-state index in [-0.39, 0.29) is 17.6 Å². The van der Waals surface area contributed by atoms with E-state index in [0.717, 1.165) is 13.0 Å². The third-order valence-electron chi connectivity index (χ3n) is 3.16. The molecule has 0 aromatic rings. The third-order valence-corrected chi connectivity index (χ3v) is 3.71. The molecule has 0 saturated heterocycles. The van der Waals surface area contributed by atoms with Gasteiger partial charge in [-0.25, -0.2) is 0 Å². The van der Waals surface area contributed by atoms with Gasteiger partial charge in [0.25, 0.3) is 0 Å². The lowest BCUT2D eigenvalue weighted by Gasteiger charge is -2.36. The average Bonchev–Trinajstić information content (AvgIpc) is 2.13. The Morgan fingerprint density at radius 1 is 1.33 bits per heavy atom. The van der Waals surface area contributed by atoms with Gasteiger partial charge in [0.1, 0.15) is 0 Å². The normalized spacial score (nSPS) is 13.3. The van der Waals surface area contributed by atoms with Gasteiger partial charge in [-0.2, -0.15) is 0 Å². The highest BCUT2D eigenvalue weighted by atomic mass is 32.1. The van der Waals surface area contributed by atoms with E-state index in [2.05, 4.69) is 18.7 Å². The van der Waals surface area contributed by atoms with Crippen molar-refractivity contribution in [3.05, 3.63) is 0 Å². The molecule has 0 bridgehead atoms. The molecule has 0 aromatic heterocycles. The van der Waals surface area contributed by atoms with Crippen LogP contribution in [0.1, 0.15) is 34.1 Å². The maximum atomic E-state index is 9.21. The summed E-state index contributed by atoms with van der Waals surface area (Å²) in [6.45, 7) is 9.15. The highest BCUT2D eigenvalue weighted by molar-refractivity contribution is 7.80. The van der Waals surface area contributed by atoms with Crippen LogP contribution >= 0.6 is 12.2 Å². The molecule has 0 aliphatic rings. The fraction of sp³-hybridized carbons (Fsp3) is 0.909.